The van der Waals surface area contributed by atoms with Gasteiger partial charge in [-0.15, -0.1) is 0 Å². The summed E-state index contributed by atoms with van der Waals surface area (Å²) >= 11 is 5.25. The monoisotopic (exact) mass is 890 g/mol. The van der Waals surface area contributed by atoms with Gasteiger partial charge in [-0.05, 0) is 25.1 Å². The summed E-state index contributed by atoms with van der Waals surface area (Å²) in [6, 6.07) is 1.65. The molecule has 0 aromatic carbocycles. The zero-order valence-electron chi connectivity index (χ0n) is 42.7. The van der Waals surface area contributed by atoms with Gasteiger partial charge in [0, 0.05) is 121 Å². The highest BCUT2D eigenvalue weighted by Gasteiger charge is 2.37. The summed E-state index contributed by atoms with van der Waals surface area (Å²) in [6.45, 7) is 40.8. The Morgan fingerprint density at radius 3 is 0.965 bits per heavy atom. The van der Waals surface area contributed by atoms with E-state index in [1.807, 2.05) is 111 Å². The Labute approximate surface area is 367 Å². The van der Waals surface area contributed by atoms with Gasteiger partial charge < -0.3 is 65.9 Å². The largest absolute Gasteiger partial charge is 0.500 e. The van der Waals surface area contributed by atoms with E-state index in [4.69, 9.17) is 67.4 Å². The minimum absolute atomic E-state index is 0.438. The molecule has 0 radical (unpaired) electrons. The van der Waals surface area contributed by atoms with Crippen LogP contribution in [0.5, 0.6) is 0 Å². The van der Waals surface area contributed by atoms with Gasteiger partial charge >= 0.3 is 17.6 Å². The molecule has 0 spiro atoms. The van der Waals surface area contributed by atoms with E-state index < -0.39 is 17.6 Å². The summed E-state index contributed by atoms with van der Waals surface area (Å²) in [5.74, 6) is 0. The van der Waals surface area contributed by atoms with Crippen LogP contribution in [0.25, 0.3) is 0 Å². The highest BCUT2D eigenvalue weighted by atomic mass is 32.1. The van der Waals surface area contributed by atoms with Crippen LogP contribution in [0.15, 0.2) is 0 Å². The Morgan fingerprint density at radius 2 is 0.737 bits per heavy atom. The van der Waals surface area contributed by atoms with Crippen LogP contribution in [-0.2, 0) is 26.6 Å². The molecule has 12 N–H and O–H groups in total. The van der Waals surface area contributed by atoms with E-state index in [0.717, 1.165) is 64.1 Å². The molecule has 15 nitrogen and oxygen atoms in total. The second kappa shape index (κ2) is 87.2. The zero-order valence-corrected chi connectivity index (χ0v) is 45.6. The predicted octanol–water partition coefficient (Wildman–Crippen LogP) is 6.85. The second-order valence-corrected chi connectivity index (χ2v) is 15.2. The molecule has 0 aromatic rings. The molecule has 0 aliphatic rings. The first-order chi connectivity index (χ1) is 27.7. The Balaban J connectivity index is -0.0000000578. The number of thiocarbonyl (C=S) groups is 1. The first kappa shape index (κ1) is 84.1. The van der Waals surface area contributed by atoms with E-state index in [1.54, 1.807) is 47.6 Å². The Hall–Kier alpha value is -0.396. The van der Waals surface area contributed by atoms with Crippen molar-refractivity contribution in [2.24, 2.45) is 28.7 Å². The van der Waals surface area contributed by atoms with Crippen LogP contribution in [-0.4, -0.2) is 141 Å². The van der Waals surface area contributed by atoms with Crippen molar-refractivity contribution in [3.63, 3.8) is 0 Å². The average molecular weight is 891 g/mol. The lowest BCUT2D eigenvalue weighted by molar-refractivity contribution is 0.122. The molecule has 18 heteroatoms. The number of rotatable bonds is 23. The lowest BCUT2D eigenvalue weighted by atomic mass is 10.4. The number of nitrogens with two attached hydrogens (primary N) is 5. The second-order valence-electron chi connectivity index (χ2n) is 8.62. The lowest BCUT2D eigenvalue weighted by Crippen LogP contribution is -2.44. The Morgan fingerprint density at radius 1 is 0.456 bits per heavy atom. The maximum Gasteiger partial charge on any atom is 0.500 e. The average Bonchev–Trinajstić information content (AvgIpc) is 3.31. The van der Waals surface area contributed by atoms with E-state index in [9.17, 15) is 0 Å². The topological polar surface area (TPSA) is 216 Å². The van der Waals surface area contributed by atoms with E-state index in [1.165, 1.54) is 0 Å². The lowest BCUT2D eigenvalue weighted by Gasteiger charge is -2.24. The van der Waals surface area contributed by atoms with Crippen molar-refractivity contribution in [2.45, 2.75) is 149 Å². The zero-order chi connectivity index (χ0) is 48.0. The van der Waals surface area contributed by atoms with Crippen molar-refractivity contribution in [1.29, 1.82) is 0 Å². The van der Waals surface area contributed by atoms with Gasteiger partial charge in [0.1, 0.15) is 0 Å². The van der Waals surface area contributed by atoms with Crippen molar-refractivity contribution in [2.75, 3.05) is 108 Å². The number of unbranched alkanes of at least 4 members (excludes halogenated alkanes) is 1. The SMILES string of the molecule is CC.CC.CC.CC.CC.CC.CC.CC.CCCC[Si](OC)(OC)OC.CO[Si](CCCNC(=S)NCCN(CCN)CCN)(OC)OC.NCN(CN)CN. The third kappa shape index (κ3) is 67.6. The van der Waals surface area contributed by atoms with Gasteiger partial charge in [0.15, 0.2) is 5.11 Å². The number of nitrogens with one attached hydrogen (secondary N) is 2. The fourth-order valence-electron chi connectivity index (χ4n) is 3.33. The molecule has 57 heavy (non-hydrogen) atoms. The molecule has 0 aliphatic heterocycles. The molecule has 0 unspecified atom stereocenters. The van der Waals surface area contributed by atoms with Crippen LogP contribution in [0.2, 0.25) is 12.1 Å². The maximum absolute atomic E-state index is 5.57. The third-order valence-electron chi connectivity index (χ3n) is 6.03. The molecule has 0 bridgehead atoms. The van der Waals surface area contributed by atoms with Crippen LogP contribution in [0.3, 0.4) is 0 Å². The minimum atomic E-state index is -2.48. The first-order valence-electron chi connectivity index (χ1n) is 21.9. The molecule has 0 atom stereocenters. The van der Waals surface area contributed by atoms with E-state index in [-0.39, 0.29) is 0 Å². The summed E-state index contributed by atoms with van der Waals surface area (Å²) in [5, 5.41) is 7.00. The fraction of sp³-hybridized carbons (Fsp3) is 0.974. The van der Waals surface area contributed by atoms with Gasteiger partial charge in [-0.1, -0.05) is 124 Å². The van der Waals surface area contributed by atoms with Gasteiger partial charge in [0.05, 0.1) is 0 Å². The molecular formula is C39H111N9O6SSi2. The molecule has 0 aliphatic carbocycles. The summed E-state index contributed by atoms with van der Waals surface area (Å²) in [5.41, 5.74) is 26.6. The van der Waals surface area contributed by atoms with Crippen LogP contribution < -0.4 is 39.3 Å². The van der Waals surface area contributed by atoms with Gasteiger partial charge in [0.25, 0.3) is 0 Å². The predicted molar refractivity (Wildman–Crippen MR) is 266 cm³/mol. The molecule has 0 rings (SSSR count). The third-order valence-corrected chi connectivity index (χ3v) is 12.0. The summed E-state index contributed by atoms with van der Waals surface area (Å²) in [7, 11) is 5.08. The molecule has 0 fully saturated rings. The molecular weight excluding hydrogens is 779 g/mol. The van der Waals surface area contributed by atoms with Crippen molar-refractivity contribution in [3.05, 3.63) is 0 Å². The smallest absolute Gasteiger partial charge is 0.377 e. The van der Waals surface area contributed by atoms with Gasteiger partial charge in [0.2, 0.25) is 0 Å². The normalized spacial score (nSPS) is 9.16. The molecule has 0 heterocycles. The van der Waals surface area contributed by atoms with E-state index in [0.29, 0.717) is 38.2 Å². The van der Waals surface area contributed by atoms with Gasteiger partial charge in [-0.2, -0.15) is 0 Å². The number of hydrogen-bond acceptors (Lipinski definition) is 14. The van der Waals surface area contributed by atoms with Gasteiger partial charge in [-0.25, -0.2) is 0 Å². The van der Waals surface area contributed by atoms with E-state index in [2.05, 4.69) is 22.5 Å². The fourth-order valence-corrected chi connectivity index (χ4v) is 7.15. The highest BCUT2D eigenvalue weighted by Crippen LogP contribution is 2.16. The molecule has 0 saturated carbocycles. The highest BCUT2D eigenvalue weighted by molar-refractivity contribution is 7.80. The van der Waals surface area contributed by atoms with Gasteiger partial charge in [-0.3, -0.25) is 9.80 Å². The molecule has 0 amide bonds. The van der Waals surface area contributed by atoms with Crippen molar-refractivity contribution in [1.82, 2.24) is 20.4 Å². The van der Waals surface area contributed by atoms with Crippen molar-refractivity contribution >= 4 is 34.9 Å². The van der Waals surface area contributed by atoms with Crippen LogP contribution >= 0.6 is 12.2 Å². The van der Waals surface area contributed by atoms with Crippen molar-refractivity contribution in [3.8, 4) is 0 Å². The summed E-state index contributed by atoms with van der Waals surface area (Å²) < 4.78 is 31.8. The number of nitrogens with zero attached hydrogens (tertiary/aromatic N) is 2. The first-order valence-corrected chi connectivity index (χ1v) is 26.2. The Kier molecular flexibility index (Phi) is 129. The molecule has 0 aromatic heterocycles. The quantitative estimate of drug-likeness (QED) is 0.0242. The summed E-state index contributed by atoms with van der Waals surface area (Å²) in [6.07, 6.45) is 3.10. The van der Waals surface area contributed by atoms with E-state index >= 15 is 0 Å². The van der Waals surface area contributed by atoms with Crippen LogP contribution in [0.1, 0.15) is 137 Å². The molecule has 0 saturated heterocycles. The molecule has 362 valence electrons. The van der Waals surface area contributed by atoms with Crippen LogP contribution in [0.4, 0.5) is 0 Å². The van der Waals surface area contributed by atoms with Crippen LogP contribution in [0, 0.1) is 0 Å². The Bertz CT molecular complexity index is 554. The maximum atomic E-state index is 5.57. The summed E-state index contributed by atoms with van der Waals surface area (Å²) in [4.78, 5) is 3.92. The standard InChI is InChI=1S/C13H33N5O3SSi.C7H18O3Si.C3H12N4.8C2H6/c1-19-23(20-2,21-3)12-4-7-16-13(22)17-8-11-18(9-5-14)10-6-15;1-5-6-7-11(8-2,9-3)10-4;4-1-7(2-5)3-6;8*1-2/h4-12,14-15H2,1-3H3,(H2,16,17,22);5-7H2,1-4H3;1-6H2;8*1-2H3. The minimum Gasteiger partial charge on any atom is -0.377 e. The van der Waals surface area contributed by atoms with Crippen molar-refractivity contribution < 1.29 is 26.6 Å². The number of hydrogen-bond donors (Lipinski definition) is 7.